The highest BCUT2D eigenvalue weighted by Crippen LogP contribution is 2.55. The van der Waals surface area contributed by atoms with Gasteiger partial charge in [-0.1, -0.05) is 17.7 Å². The largest absolute Gasteiger partial charge is 0.387 e. The molecular formula is C31H31ClF2N2O6S. The van der Waals surface area contributed by atoms with Gasteiger partial charge in [0, 0.05) is 23.5 Å². The van der Waals surface area contributed by atoms with Crippen molar-refractivity contribution < 1.29 is 37.3 Å². The minimum atomic E-state index is -4.10. The molecule has 1 aromatic heterocycles. The lowest BCUT2D eigenvalue weighted by atomic mass is 9.69. The van der Waals surface area contributed by atoms with Gasteiger partial charge in [-0.25, -0.2) is 17.2 Å². The zero-order valence-electron chi connectivity index (χ0n) is 23.0. The number of benzene rings is 2. The Kier molecular flexibility index (Phi) is 7.83. The number of nitrogens with one attached hydrogen (secondary N) is 1. The van der Waals surface area contributed by atoms with E-state index in [0.717, 1.165) is 36.6 Å². The number of nitrogens with zero attached hydrogens (tertiary/aromatic N) is 1. The van der Waals surface area contributed by atoms with Crippen molar-refractivity contribution in [2.24, 2.45) is 11.8 Å². The molecule has 2 bridgehead atoms. The molecule has 3 fully saturated rings. The Morgan fingerprint density at radius 3 is 2.28 bits per heavy atom. The van der Waals surface area contributed by atoms with Gasteiger partial charge in [-0.05, 0) is 98.2 Å². The Morgan fingerprint density at radius 1 is 0.977 bits per heavy atom. The molecule has 4 atom stereocenters. The van der Waals surface area contributed by atoms with Gasteiger partial charge in [0.2, 0.25) is 0 Å². The number of halogens is 3. The van der Waals surface area contributed by atoms with Gasteiger partial charge >= 0.3 is 0 Å². The zero-order chi connectivity index (χ0) is 30.7. The summed E-state index contributed by atoms with van der Waals surface area (Å²) in [6, 6.07) is 10.1. The average Bonchev–Trinajstić information content (AvgIpc) is 3.82. The maximum absolute atomic E-state index is 13.9. The quantitative estimate of drug-likeness (QED) is 0.276. The predicted octanol–water partition coefficient (Wildman–Crippen LogP) is 4.93. The first kappa shape index (κ1) is 30.1. The number of fused-ring (bicyclic) bond motifs is 2. The minimum absolute atomic E-state index is 0.0128. The van der Waals surface area contributed by atoms with Crippen LogP contribution in [0.15, 0.2) is 59.6 Å². The molecule has 0 spiro atoms. The summed E-state index contributed by atoms with van der Waals surface area (Å²) >= 11 is 6.31. The second kappa shape index (κ2) is 11.2. The van der Waals surface area contributed by atoms with E-state index in [1.165, 1.54) is 18.2 Å². The third kappa shape index (κ3) is 5.46. The summed E-state index contributed by atoms with van der Waals surface area (Å²) in [5.74, 6) is -3.71. The van der Waals surface area contributed by atoms with Crippen LogP contribution >= 0.6 is 11.6 Å². The molecule has 4 unspecified atom stereocenters. The summed E-state index contributed by atoms with van der Waals surface area (Å²) < 4.78 is 54.6. The lowest BCUT2D eigenvalue weighted by Crippen LogP contribution is -2.57. The number of amides is 1. The molecule has 0 saturated heterocycles. The molecular weight excluding hydrogens is 602 g/mol. The minimum Gasteiger partial charge on any atom is -0.387 e. The number of aliphatic hydroxyl groups is 3. The Balaban J connectivity index is 1.20. The van der Waals surface area contributed by atoms with Crippen LogP contribution in [0.2, 0.25) is 5.02 Å². The molecule has 0 aliphatic heterocycles. The van der Waals surface area contributed by atoms with E-state index in [4.69, 9.17) is 11.6 Å². The van der Waals surface area contributed by atoms with Crippen molar-refractivity contribution in [3.63, 3.8) is 0 Å². The topological polar surface area (TPSA) is 137 Å². The van der Waals surface area contributed by atoms with E-state index in [2.05, 4.69) is 10.3 Å². The van der Waals surface area contributed by atoms with Gasteiger partial charge in [-0.2, -0.15) is 0 Å². The zero-order valence-corrected chi connectivity index (χ0v) is 24.5. The predicted molar refractivity (Wildman–Crippen MR) is 154 cm³/mol. The smallest absolute Gasteiger partial charge is 0.255 e. The van der Waals surface area contributed by atoms with Crippen molar-refractivity contribution in [3.8, 4) is 0 Å². The third-order valence-electron chi connectivity index (χ3n) is 9.32. The maximum atomic E-state index is 13.9. The molecule has 43 heavy (non-hydrogen) atoms. The van der Waals surface area contributed by atoms with Crippen LogP contribution in [0, 0.1) is 23.5 Å². The molecule has 1 amide bonds. The second-order valence-corrected chi connectivity index (χ2v) is 14.5. The van der Waals surface area contributed by atoms with Crippen LogP contribution in [0.3, 0.4) is 0 Å². The molecule has 12 heteroatoms. The summed E-state index contributed by atoms with van der Waals surface area (Å²) in [5.41, 5.74) is -0.467. The van der Waals surface area contributed by atoms with Crippen molar-refractivity contribution in [3.05, 3.63) is 88.2 Å². The Morgan fingerprint density at radius 2 is 1.67 bits per heavy atom. The highest BCUT2D eigenvalue weighted by atomic mass is 35.5. The number of hydrogen-bond acceptors (Lipinski definition) is 7. The van der Waals surface area contributed by atoms with Crippen LogP contribution in [0.25, 0.3) is 0 Å². The fraction of sp³-hybridized carbons (Fsp3) is 0.419. The van der Waals surface area contributed by atoms with Gasteiger partial charge in [0.25, 0.3) is 5.91 Å². The third-order valence-corrected chi connectivity index (χ3v) is 12.0. The number of rotatable bonds is 8. The van der Waals surface area contributed by atoms with Crippen molar-refractivity contribution >= 4 is 33.0 Å². The number of pyridine rings is 1. The summed E-state index contributed by atoms with van der Waals surface area (Å²) in [7, 11) is -4.10. The summed E-state index contributed by atoms with van der Waals surface area (Å²) in [6.45, 7) is 0. The van der Waals surface area contributed by atoms with Crippen molar-refractivity contribution in [1.82, 2.24) is 4.98 Å². The number of carbonyl (C=O) groups excluding carboxylic acids is 1. The van der Waals surface area contributed by atoms with E-state index < -0.39 is 62.3 Å². The lowest BCUT2D eigenvalue weighted by Gasteiger charge is -2.46. The van der Waals surface area contributed by atoms with Crippen molar-refractivity contribution in [2.45, 2.75) is 72.4 Å². The Labute approximate surface area is 252 Å². The molecule has 228 valence electrons. The summed E-state index contributed by atoms with van der Waals surface area (Å²) in [5, 5.41) is 35.4. The van der Waals surface area contributed by atoms with E-state index >= 15 is 0 Å². The first-order valence-corrected chi connectivity index (χ1v) is 16.2. The molecule has 6 rings (SSSR count). The molecule has 2 aromatic carbocycles. The maximum Gasteiger partial charge on any atom is 0.255 e. The van der Waals surface area contributed by atoms with Crippen LogP contribution in [0.4, 0.5) is 14.5 Å². The Bertz CT molecular complexity index is 1650. The van der Waals surface area contributed by atoms with Crippen LogP contribution in [-0.4, -0.2) is 51.6 Å². The van der Waals surface area contributed by atoms with Crippen molar-refractivity contribution in [2.75, 3.05) is 5.32 Å². The fourth-order valence-electron chi connectivity index (χ4n) is 6.76. The number of aromatic nitrogens is 1. The van der Waals surface area contributed by atoms with Gasteiger partial charge in [0.15, 0.2) is 21.5 Å². The van der Waals surface area contributed by atoms with Gasteiger partial charge in [0.1, 0.15) is 12.2 Å². The van der Waals surface area contributed by atoms with E-state index in [-0.39, 0.29) is 39.7 Å². The van der Waals surface area contributed by atoms with E-state index in [0.29, 0.717) is 18.8 Å². The SMILES string of the molecule is O=C(Nc1ccc(F)c(F)c1)c1ccc(Cl)c(S(=O)(=O)[C@H]2CC3CCC(C2)[C@]3(O)C(O)C(O)c2ccc(C3CC3)cn2)c1. The van der Waals surface area contributed by atoms with Gasteiger partial charge in [-0.3, -0.25) is 9.78 Å². The lowest BCUT2D eigenvalue weighted by molar-refractivity contribution is -0.178. The van der Waals surface area contributed by atoms with Crippen LogP contribution in [0.5, 0.6) is 0 Å². The molecule has 3 aliphatic carbocycles. The normalized spacial score (nSPS) is 26.6. The first-order valence-electron chi connectivity index (χ1n) is 14.2. The van der Waals surface area contributed by atoms with Crippen molar-refractivity contribution in [1.29, 1.82) is 0 Å². The van der Waals surface area contributed by atoms with E-state index in [9.17, 15) is 37.3 Å². The number of anilines is 1. The van der Waals surface area contributed by atoms with E-state index in [1.807, 2.05) is 6.07 Å². The summed E-state index contributed by atoms with van der Waals surface area (Å²) in [6.07, 6.45) is 1.84. The highest BCUT2D eigenvalue weighted by molar-refractivity contribution is 7.92. The van der Waals surface area contributed by atoms with Crippen LogP contribution in [-0.2, 0) is 9.84 Å². The standard InChI is InChI=1S/C31H31ClF2N2O6S/c32-23-8-3-17(30(39)36-21-7-9-24(33)25(34)14-21)11-27(23)43(41,42)22-12-19-5-6-20(13-22)31(19,40)29(38)28(37)26-10-4-18(15-35-26)16-1-2-16/h3-4,7-11,14-16,19-20,22,28-29,37-38,40H,1-2,5-6,12-13H2,(H,36,39)/t19?,20?,22-,28?,29?,31-. The second-order valence-electron chi connectivity index (χ2n) is 11.9. The monoisotopic (exact) mass is 632 g/mol. The molecule has 4 N–H and O–H groups in total. The summed E-state index contributed by atoms with van der Waals surface area (Å²) in [4.78, 5) is 16.9. The van der Waals surface area contributed by atoms with Crippen LogP contribution in [0.1, 0.15) is 72.2 Å². The number of sulfone groups is 1. The molecule has 3 aliphatic rings. The molecule has 8 nitrogen and oxygen atoms in total. The van der Waals surface area contributed by atoms with Gasteiger partial charge in [0.05, 0.1) is 26.5 Å². The molecule has 3 aromatic rings. The first-order chi connectivity index (χ1) is 20.4. The number of carbonyl (C=O) groups is 1. The van der Waals surface area contributed by atoms with E-state index in [1.54, 1.807) is 12.3 Å². The average molecular weight is 633 g/mol. The number of aliphatic hydroxyl groups excluding tert-OH is 2. The van der Waals surface area contributed by atoms with Crippen LogP contribution < -0.4 is 5.32 Å². The molecule has 0 radical (unpaired) electrons. The Hall–Kier alpha value is -2.96. The molecule has 3 saturated carbocycles. The molecule has 1 heterocycles. The number of hydrogen-bond donors (Lipinski definition) is 4. The highest BCUT2D eigenvalue weighted by Gasteiger charge is 2.60. The fourth-order valence-corrected chi connectivity index (χ4v) is 9.16. The van der Waals surface area contributed by atoms with Gasteiger partial charge in [-0.15, -0.1) is 0 Å². The van der Waals surface area contributed by atoms with Gasteiger partial charge < -0.3 is 20.6 Å².